The molecule has 2 heterocycles. The maximum Gasteiger partial charge on any atom is 0.410 e. The molecule has 2 saturated heterocycles. The molecule has 5 heteroatoms. The average molecular weight is 338 g/mol. The second-order valence-electron chi connectivity index (χ2n) is 9.09. The summed E-state index contributed by atoms with van der Waals surface area (Å²) in [7, 11) is 0. The number of rotatable bonds is 1. The van der Waals surface area contributed by atoms with Gasteiger partial charge >= 0.3 is 6.09 Å². The molecule has 0 N–H and O–H groups in total. The molecule has 2 aliphatic rings. The first-order valence-corrected chi connectivity index (χ1v) is 8.97. The average Bonchev–Trinajstić information content (AvgIpc) is 2.44. The van der Waals surface area contributed by atoms with E-state index in [4.69, 9.17) is 9.47 Å². The van der Waals surface area contributed by atoms with Gasteiger partial charge in [-0.3, -0.25) is 4.90 Å². The van der Waals surface area contributed by atoms with E-state index in [1.807, 2.05) is 26.8 Å². The highest BCUT2D eigenvalue weighted by molar-refractivity contribution is 5.68. The Hall–Kier alpha value is -1.07. The standard InChI is InChI=1S/C19H34N2O3/c1-8-15-13-21(17(2,3)4)14-19(23-15)9-11-20(12-10-19)16(22)24-18(5,6)7/h8,15H,1,9-14H2,2-7H3/t15-/m0/s1. The summed E-state index contributed by atoms with van der Waals surface area (Å²) >= 11 is 0. The number of carbonyl (C=O) groups is 1. The van der Waals surface area contributed by atoms with Gasteiger partial charge in [-0.15, -0.1) is 6.58 Å². The molecule has 2 fully saturated rings. The first-order valence-electron chi connectivity index (χ1n) is 8.97. The van der Waals surface area contributed by atoms with Crippen molar-refractivity contribution in [3.05, 3.63) is 12.7 Å². The molecule has 0 radical (unpaired) electrons. The van der Waals surface area contributed by atoms with Crippen molar-refractivity contribution in [2.24, 2.45) is 0 Å². The Balaban J connectivity index is 2.02. The van der Waals surface area contributed by atoms with Crippen LogP contribution in [0.15, 0.2) is 12.7 Å². The molecule has 0 aromatic carbocycles. The van der Waals surface area contributed by atoms with Crippen molar-refractivity contribution >= 4 is 6.09 Å². The third kappa shape index (κ3) is 4.73. The third-order valence-electron chi connectivity index (χ3n) is 4.82. The van der Waals surface area contributed by atoms with Gasteiger partial charge in [0.1, 0.15) is 5.60 Å². The predicted molar refractivity (Wildman–Crippen MR) is 96.2 cm³/mol. The lowest BCUT2D eigenvalue weighted by atomic mass is 9.86. The Morgan fingerprint density at radius 3 is 2.25 bits per heavy atom. The summed E-state index contributed by atoms with van der Waals surface area (Å²) in [6, 6.07) is 0. The number of hydrogen-bond acceptors (Lipinski definition) is 4. The summed E-state index contributed by atoms with van der Waals surface area (Å²) in [6.07, 6.45) is 3.40. The summed E-state index contributed by atoms with van der Waals surface area (Å²) in [4.78, 5) is 16.5. The van der Waals surface area contributed by atoms with Crippen LogP contribution in [-0.4, -0.2) is 64.9 Å². The molecule has 5 nitrogen and oxygen atoms in total. The molecule has 0 saturated carbocycles. The van der Waals surface area contributed by atoms with Gasteiger partial charge in [0, 0.05) is 31.7 Å². The van der Waals surface area contributed by atoms with Crippen molar-refractivity contribution in [3.8, 4) is 0 Å². The smallest absolute Gasteiger partial charge is 0.410 e. The van der Waals surface area contributed by atoms with Crippen LogP contribution < -0.4 is 0 Å². The molecule has 138 valence electrons. The lowest BCUT2D eigenvalue weighted by Gasteiger charge is -2.52. The van der Waals surface area contributed by atoms with Crippen LogP contribution in [0.1, 0.15) is 54.4 Å². The van der Waals surface area contributed by atoms with E-state index in [0.717, 1.165) is 25.9 Å². The van der Waals surface area contributed by atoms with Crippen LogP contribution in [0, 0.1) is 0 Å². The fourth-order valence-electron chi connectivity index (χ4n) is 3.36. The lowest BCUT2D eigenvalue weighted by Crippen LogP contribution is -2.63. The molecule has 1 atom stereocenters. The van der Waals surface area contributed by atoms with E-state index in [1.165, 1.54) is 0 Å². The number of morpholine rings is 1. The van der Waals surface area contributed by atoms with E-state index in [9.17, 15) is 4.79 Å². The quantitative estimate of drug-likeness (QED) is 0.687. The topological polar surface area (TPSA) is 42.0 Å². The van der Waals surface area contributed by atoms with E-state index in [-0.39, 0.29) is 23.3 Å². The van der Waals surface area contributed by atoms with Gasteiger partial charge in [-0.05, 0) is 54.4 Å². The van der Waals surface area contributed by atoms with Gasteiger partial charge in [0.05, 0.1) is 11.7 Å². The number of likely N-dealkylation sites (tertiary alicyclic amines) is 1. The van der Waals surface area contributed by atoms with Gasteiger partial charge in [-0.1, -0.05) is 6.08 Å². The van der Waals surface area contributed by atoms with Crippen molar-refractivity contribution in [1.29, 1.82) is 0 Å². The summed E-state index contributed by atoms with van der Waals surface area (Å²) in [6.45, 7) is 19.5. The van der Waals surface area contributed by atoms with Crippen LogP contribution in [-0.2, 0) is 9.47 Å². The highest BCUT2D eigenvalue weighted by atomic mass is 16.6. The van der Waals surface area contributed by atoms with Crippen molar-refractivity contribution in [2.75, 3.05) is 26.2 Å². The summed E-state index contributed by atoms with van der Waals surface area (Å²) in [5, 5.41) is 0. The molecule has 2 rings (SSSR count). The molecule has 24 heavy (non-hydrogen) atoms. The Labute approximate surface area is 147 Å². The molecule has 0 aliphatic carbocycles. The SMILES string of the molecule is C=C[C@H]1CN(C(C)(C)C)CC2(CCN(C(=O)OC(C)(C)C)CC2)O1. The summed E-state index contributed by atoms with van der Waals surface area (Å²) in [5.41, 5.74) is -0.548. The predicted octanol–water partition coefficient (Wildman–Crippen LogP) is 3.44. The van der Waals surface area contributed by atoms with E-state index in [1.54, 1.807) is 4.90 Å². The molecule has 0 aromatic heterocycles. The van der Waals surface area contributed by atoms with Gasteiger partial charge in [0.25, 0.3) is 0 Å². The van der Waals surface area contributed by atoms with E-state index < -0.39 is 5.60 Å². The van der Waals surface area contributed by atoms with E-state index in [2.05, 4.69) is 32.3 Å². The zero-order valence-corrected chi connectivity index (χ0v) is 16.2. The van der Waals surface area contributed by atoms with E-state index >= 15 is 0 Å². The van der Waals surface area contributed by atoms with Crippen molar-refractivity contribution in [2.45, 2.75) is 77.2 Å². The maximum absolute atomic E-state index is 12.3. The number of hydrogen-bond donors (Lipinski definition) is 0. The normalized spacial score (nSPS) is 25.6. The Morgan fingerprint density at radius 1 is 1.21 bits per heavy atom. The van der Waals surface area contributed by atoms with Gasteiger partial charge in [-0.2, -0.15) is 0 Å². The molecule has 0 bridgehead atoms. The number of ether oxygens (including phenoxy) is 2. The van der Waals surface area contributed by atoms with Gasteiger partial charge in [0.2, 0.25) is 0 Å². The first kappa shape index (κ1) is 19.3. The zero-order valence-electron chi connectivity index (χ0n) is 16.2. The van der Waals surface area contributed by atoms with E-state index in [0.29, 0.717) is 13.1 Å². The second-order valence-corrected chi connectivity index (χ2v) is 9.09. The third-order valence-corrected chi connectivity index (χ3v) is 4.82. The molecular formula is C19H34N2O3. The van der Waals surface area contributed by atoms with Crippen LogP contribution >= 0.6 is 0 Å². The second kappa shape index (κ2) is 6.68. The van der Waals surface area contributed by atoms with Crippen LogP contribution in [0.4, 0.5) is 4.79 Å². The lowest BCUT2D eigenvalue weighted by molar-refractivity contribution is -0.174. The summed E-state index contributed by atoms with van der Waals surface area (Å²) in [5.74, 6) is 0. The number of amides is 1. The van der Waals surface area contributed by atoms with Crippen LogP contribution in [0.25, 0.3) is 0 Å². The highest BCUT2D eigenvalue weighted by Gasteiger charge is 2.45. The zero-order chi connectivity index (χ0) is 18.2. The molecule has 0 aromatic rings. The Bertz CT molecular complexity index is 468. The van der Waals surface area contributed by atoms with Crippen molar-refractivity contribution in [3.63, 3.8) is 0 Å². The molecular weight excluding hydrogens is 304 g/mol. The monoisotopic (exact) mass is 338 g/mol. The fraction of sp³-hybridized carbons (Fsp3) is 0.842. The van der Waals surface area contributed by atoms with Gasteiger partial charge in [-0.25, -0.2) is 4.79 Å². The van der Waals surface area contributed by atoms with Gasteiger partial charge < -0.3 is 14.4 Å². The molecule has 2 aliphatic heterocycles. The maximum atomic E-state index is 12.3. The molecule has 1 amide bonds. The van der Waals surface area contributed by atoms with Crippen LogP contribution in [0.2, 0.25) is 0 Å². The minimum absolute atomic E-state index is 0.0473. The largest absolute Gasteiger partial charge is 0.444 e. The highest BCUT2D eigenvalue weighted by Crippen LogP contribution is 2.35. The first-order chi connectivity index (χ1) is 10.9. The molecule has 1 spiro atoms. The van der Waals surface area contributed by atoms with Crippen molar-refractivity contribution < 1.29 is 14.3 Å². The minimum Gasteiger partial charge on any atom is -0.444 e. The number of piperidine rings is 1. The summed E-state index contributed by atoms with van der Waals surface area (Å²) < 4.78 is 11.9. The minimum atomic E-state index is -0.454. The Morgan fingerprint density at radius 2 is 1.79 bits per heavy atom. The number of carbonyl (C=O) groups excluding carboxylic acids is 1. The number of nitrogens with zero attached hydrogens (tertiary/aromatic N) is 2. The fourth-order valence-corrected chi connectivity index (χ4v) is 3.36. The molecule has 0 unspecified atom stereocenters. The Kier molecular flexibility index (Phi) is 5.36. The van der Waals surface area contributed by atoms with Crippen LogP contribution in [0.3, 0.4) is 0 Å². The van der Waals surface area contributed by atoms with Crippen molar-refractivity contribution in [1.82, 2.24) is 9.80 Å². The van der Waals surface area contributed by atoms with Crippen LogP contribution in [0.5, 0.6) is 0 Å². The van der Waals surface area contributed by atoms with Gasteiger partial charge in [0.15, 0.2) is 0 Å².